The van der Waals surface area contributed by atoms with Crippen LogP contribution in [0.4, 0.5) is 0 Å². The molecule has 0 amide bonds. The van der Waals surface area contributed by atoms with Crippen molar-refractivity contribution in [3.05, 3.63) is 35.9 Å². The molecule has 0 saturated carbocycles. The van der Waals surface area contributed by atoms with Crippen LogP contribution < -0.4 is 0 Å². The molecule has 0 bridgehead atoms. The highest BCUT2D eigenvalue weighted by atomic mass is 32.1. The van der Waals surface area contributed by atoms with Crippen LogP contribution in [0.15, 0.2) is 30.3 Å². The van der Waals surface area contributed by atoms with Gasteiger partial charge in [-0.25, -0.2) is 0 Å². The number of benzene rings is 1. The van der Waals surface area contributed by atoms with Gasteiger partial charge >= 0.3 is 5.97 Å². The number of rotatable bonds is 9. The number of carboxylic acid groups (broad SMARTS) is 1. The third-order valence-electron chi connectivity index (χ3n) is 3.83. The first-order valence-corrected chi connectivity index (χ1v) is 7.44. The average Bonchev–Trinajstić information content (AvgIpc) is 2.43. The lowest BCUT2D eigenvalue weighted by Crippen LogP contribution is -2.34. The van der Waals surface area contributed by atoms with Gasteiger partial charge in [0.2, 0.25) is 0 Å². The summed E-state index contributed by atoms with van der Waals surface area (Å²) in [4.78, 5) is 10.5. The predicted octanol–water partition coefficient (Wildman–Crippen LogP) is 4.25. The molecular formula is C16H22O3S. The fourth-order valence-electron chi connectivity index (χ4n) is 2.54. The molecule has 1 aromatic rings. The van der Waals surface area contributed by atoms with Crippen molar-refractivity contribution >= 4 is 23.2 Å². The molecule has 2 N–H and O–H groups in total. The summed E-state index contributed by atoms with van der Waals surface area (Å²) >= 11 is 5.09. The number of aliphatic hydroxyl groups is 1. The Labute approximate surface area is 125 Å². The van der Waals surface area contributed by atoms with Gasteiger partial charge in [-0.05, 0) is 37.0 Å². The Morgan fingerprint density at radius 1 is 1.15 bits per heavy atom. The van der Waals surface area contributed by atoms with Gasteiger partial charge in [0, 0.05) is 6.42 Å². The molecule has 0 aliphatic rings. The first-order valence-electron chi connectivity index (χ1n) is 7.03. The number of aliphatic hydroxyl groups excluding tert-OH is 1. The van der Waals surface area contributed by atoms with Gasteiger partial charge in [-0.15, -0.1) is 0 Å². The van der Waals surface area contributed by atoms with E-state index in [0.717, 1.165) is 31.2 Å². The van der Waals surface area contributed by atoms with E-state index in [9.17, 15) is 9.90 Å². The number of hydrogen-bond acceptors (Lipinski definition) is 2. The Kier molecular flexibility index (Phi) is 6.65. The van der Waals surface area contributed by atoms with Gasteiger partial charge in [-0.1, -0.05) is 50.1 Å². The van der Waals surface area contributed by atoms with Crippen molar-refractivity contribution in [1.82, 2.24) is 0 Å². The van der Waals surface area contributed by atoms with E-state index in [4.69, 9.17) is 17.3 Å². The predicted molar refractivity (Wildman–Crippen MR) is 84.4 cm³/mol. The summed E-state index contributed by atoms with van der Waals surface area (Å²) < 4.78 is 0. The quantitative estimate of drug-likeness (QED) is 0.528. The fraction of sp³-hybridized carbons (Fsp3) is 0.500. The normalized spacial score (nSPS) is 13.7. The summed E-state index contributed by atoms with van der Waals surface area (Å²) in [5, 5.41) is 18.7. The molecule has 3 nitrogen and oxygen atoms in total. The molecule has 1 atom stereocenters. The Bertz CT molecular complexity index is 444. The number of carbonyl (C=O) groups is 1. The summed E-state index contributed by atoms with van der Waals surface area (Å²) in [6, 6.07) is 9.81. The molecular weight excluding hydrogens is 272 g/mol. The summed E-state index contributed by atoms with van der Waals surface area (Å²) in [5.74, 6) is -0.757. The zero-order chi connectivity index (χ0) is 15.0. The van der Waals surface area contributed by atoms with Crippen LogP contribution in [0.3, 0.4) is 0 Å². The Hall–Kier alpha value is -1.42. The molecule has 0 radical (unpaired) electrons. The largest absolute Gasteiger partial charge is 0.501 e. The van der Waals surface area contributed by atoms with Gasteiger partial charge in [0.1, 0.15) is 0 Å². The summed E-state index contributed by atoms with van der Waals surface area (Å²) in [6.07, 6.45) is 4.06. The average molecular weight is 294 g/mol. The Balaban J connectivity index is 2.70. The molecule has 1 unspecified atom stereocenters. The molecule has 110 valence electrons. The number of unbranched alkanes of at least 4 members (excludes halogenated alkanes) is 2. The summed E-state index contributed by atoms with van der Waals surface area (Å²) in [5.41, 5.74) is 0.549. The van der Waals surface area contributed by atoms with Gasteiger partial charge in [-0.2, -0.15) is 0 Å². The highest BCUT2D eigenvalue weighted by Gasteiger charge is 2.34. The van der Waals surface area contributed by atoms with E-state index in [2.05, 4.69) is 0 Å². The summed E-state index contributed by atoms with van der Waals surface area (Å²) in [7, 11) is 0. The molecule has 1 aromatic carbocycles. The molecule has 0 aliphatic heterocycles. The van der Waals surface area contributed by atoms with Crippen LogP contribution in [0.2, 0.25) is 0 Å². The lowest BCUT2D eigenvalue weighted by atomic mass is 9.74. The number of thiocarbonyl (C=S) groups is 1. The topological polar surface area (TPSA) is 57.5 Å². The molecule has 20 heavy (non-hydrogen) atoms. The minimum atomic E-state index is -0.757. The van der Waals surface area contributed by atoms with E-state index in [-0.39, 0.29) is 11.5 Å². The third-order valence-corrected chi connectivity index (χ3v) is 4.22. The van der Waals surface area contributed by atoms with Gasteiger partial charge < -0.3 is 10.2 Å². The molecule has 4 heteroatoms. The van der Waals surface area contributed by atoms with Crippen molar-refractivity contribution in [2.45, 2.75) is 50.9 Å². The molecule has 0 saturated heterocycles. The maximum absolute atomic E-state index is 10.5. The second-order valence-electron chi connectivity index (χ2n) is 5.06. The number of carboxylic acids is 1. The first kappa shape index (κ1) is 16.6. The highest BCUT2D eigenvalue weighted by Crippen LogP contribution is 2.34. The van der Waals surface area contributed by atoms with Crippen LogP contribution in [0.5, 0.6) is 0 Å². The number of aliphatic carboxylic acids is 1. The van der Waals surface area contributed by atoms with Gasteiger partial charge in [-0.3, -0.25) is 4.79 Å². The van der Waals surface area contributed by atoms with Crippen LogP contribution in [0, 0.1) is 0 Å². The van der Waals surface area contributed by atoms with Crippen molar-refractivity contribution < 1.29 is 15.0 Å². The van der Waals surface area contributed by atoms with Crippen molar-refractivity contribution in [3.63, 3.8) is 0 Å². The minimum absolute atomic E-state index is 0.0319. The third kappa shape index (κ3) is 4.30. The summed E-state index contributed by atoms with van der Waals surface area (Å²) in [6.45, 7) is 2.02. The zero-order valence-corrected chi connectivity index (χ0v) is 12.7. The van der Waals surface area contributed by atoms with E-state index in [1.54, 1.807) is 0 Å². The molecule has 0 fully saturated rings. The molecule has 0 spiro atoms. The zero-order valence-electron chi connectivity index (χ0n) is 11.8. The molecule has 0 heterocycles. The van der Waals surface area contributed by atoms with Crippen LogP contribution >= 0.6 is 12.2 Å². The van der Waals surface area contributed by atoms with Gasteiger partial charge in [0.05, 0.1) is 5.41 Å². The maximum Gasteiger partial charge on any atom is 0.303 e. The van der Waals surface area contributed by atoms with E-state index in [1.807, 2.05) is 37.3 Å². The lowest BCUT2D eigenvalue weighted by Gasteiger charge is -2.31. The maximum atomic E-state index is 10.5. The minimum Gasteiger partial charge on any atom is -0.501 e. The smallest absolute Gasteiger partial charge is 0.303 e. The van der Waals surface area contributed by atoms with E-state index in [0.29, 0.717) is 6.42 Å². The second kappa shape index (κ2) is 8.00. The van der Waals surface area contributed by atoms with Gasteiger partial charge in [0.25, 0.3) is 0 Å². The van der Waals surface area contributed by atoms with E-state index < -0.39 is 11.4 Å². The standard InChI is InChI=1S/C16H22O3S/c1-2-16(15(19)20,13-9-5-3-6-10-13)12-8-4-7-11-14(17)18/h3,5-6,9-10H,2,4,7-8,11-12H2,1H3,(H,17,18)(H,19,20). The van der Waals surface area contributed by atoms with Crippen LogP contribution in [-0.4, -0.2) is 21.2 Å². The molecule has 1 rings (SSSR count). The van der Waals surface area contributed by atoms with Crippen molar-refractivity contribution in [3.8, 4) is 0 Å². The Morgan fingerprint density at radius 2 is 1.80 bits per heavy atom. The van der Waals surface area contributed by atoms with Gasteiger partial charge in [0.15, 0.2) is 5.05 Å². The first-order chi connectivity index (χ1) is 9.53. The number of hydrogen-bond donors (Lipinski definition) is 2. The monoisotopic (exact) mass is 294 g/mol. The van der Waals surface area contributed by atoms with Crippen molar-refractivity contribution in [2.24, 2.45) is 0 Å². The fourth-order valence-corrected chi connectivity index (χ4v) is 2.91. The molecule has 0 aromatic heterocycles. The van der Waals surface area contributed by atoms with Crippen LogP contribution in [-0.2, 0) is 10.2 Å². The van der Waals surface area contributed by atoms with Crippen LogP contribution in [0.25, 0.3) is 0 Å². The van der Waals surface area contributed by atoms with Crippen LogP contribution in [0.1, 0.15) is 51.0 Å². The van der Waals surface area contributed by atoms with E-state index in [1.165, 1.54) is 0 Å². The van der Waals surface area contributed by atoms with Crippen molar-refractivity contribution in [2.75, 3.05) is 0 Å². The highest BCUT2D eigenvalue weighted by molar-refractivity contribution is 7.80. The molecule has 0 aliphatic carbocycles. The Morgan fingerprint density at radius 3 is 2.30 bits per heavy atom. The SMILES string of the molecule is CCC(CCCCCC(=O)O)(C(O)=S)c1ccccc1. The van der Waals surface area contributed by atoms with Crippen molar-refractivity contribution in [1.29, 1.82) is 0 Å². The lowest BCUT2D eigenvalue weighted by molar-refractivity contribution is -0.137. The van der Waals surface area contributed by atoms with E-state index >= 15 is 0 Å². The second-order valence-corrected chi connectivity index (χ2v) is 5.45.